The van der Waals surface area contributed by atoms with Crippen molar-refractivity contribution in [3.63, 3.8) is 0 Å². The van der Waals surface area contributed by atoms with Gasteiger partial charge in [-0.15, -0.1) is 0 Å². The van der Waals surface area contributed by atoms with Crippen molar-refractivity contribution in [2.24, 2.45) is 0 Å². The van der Waals surface area contributed by atoms with Gasteiger partial charge in [-0.1, -0.05) is 18.2 Å². The van der Waals surface area contributed by atoms with E-state index in [0.717, 1.165) is 11.3 Å². The highest BCUT2D eigenvalue weighted by atomic mass is 16.5. The molecule has 0 saturated heterocycles. The normalized spacial score (nSPS) is 18.8. The minimum absolute atomic E-state index is 0.0299. The Kier molecular flexibility index (Phi) is 7.19. The van der Waals surface area contributed by atoms with E-state index < -0.39 is 5.92 Å². The fourth-order valence-electron chi connectivity index (χ4n) is 5.51. The number of ketones is 1. The summed E-state index contributed by atoms with van der Waals surface area (Å²) < 4.78 is 22.3. The van der Waals surface area contributed by atoms with E-state index in [4.69, 9.17) is 18.6 Å². The molecule has 2 aromatic carbocycles. The largest absolute Gasteiger partial charge is 0.495 e. The van der Waals surface area contributed by atoms with E-state index in [2.05, 4.69) is 10.6 Å². The summed E-state index contributed by atoms with van der Waals surface area (Å²) in [6.45, 7) is 3.70. The van der Waals surface area contributed by atoms with Crippen LogP contribution in [0.3, 0.4) is 0 Å². The van der Waals surface area contributed by atoms with Crippen molar-refractivity contribution in [1.82, 2.24) is 5.32 Å². The van der Waals surface area contributed by atoms with E-state index in [9.17, 15) is 9.59 Å². The molecule has 2 unspecified atom stereocenters. The van der Waals surface area contributed by atoms with Crippen LogP contribution < -0.4 is 24.8 Å². The molecule has 1 aromatic heterocycles. The maximum atomic E-state index is 13.8. The smallest absolute Gasteiger partial charge is 0.254 e. The van der Waals surface area contributed by atoms with Gasteiger partial charge in [-0.2, -0.15) is 0 Å². The molecule has 2 heterocycles. The number of carbonyl (C=O) groups excluding carboxylic acids is 2. The van der Waals surface area contributed by atoms with Crippen LogP contribution in [0.5, 0.6) is 17.2 Å². The Hall–Kier alpha value is -4.46. The van der Waals surface area contributed by atoms with Gasteiger partial charge in [0.1, 0.15) is 17.3 Å². The van der Waals surface area contributed by atoms with E-state index in [1.807, 2.05) is 56.3 Å². The number of dihydropyridines is 1. The number of aryl methyl sites for hydroxylation is 1. The quantitative estimate of drug-likeness (QED) is 0.411. The van der Waals surface area contributed by atoms with Gasteiger partial charge in [0.2, 0.25) is 0 Å². The van der Waals surface area contributed by atoms with E-state index in [1.165, 1.54) is 0 Å². The van der Waals surface area contributed by atoms with Gasteiger partial charge >= 0.3 is 0 Å². The number of rotatable bonds is 7. The van der Waals surface area contributed by atoms with Crippen molar-refractivity contribution >= 4 is 17.4 Å². The lowest BCUT2D eigenvalue weighted by Crippen LogP contribution is -2.37. The monoisotopic (exact) mass is 528 g/mol. The summed E-state index contributed by atoms with van der Waals surface area (Å²) in [6.07, 6.45) is 0.901. The molecule has 0 fully saturated rings. The summed E-state index contributed by atoms with van der Waals surface area (Å²) in [5.41, 5.74) is 4.00. The van der Waals surface area contributed by atoms with Crippen LogP contribution in [0.15, 0.2) is 81.6 Å². The van der Waals surface area contributed by atoms with Crippen molar-refractivity contribution in [2.75, 3.05) is 26.6 Å². The fourth-order valence-corrected chi connectivity index (χ4v) is 5.51. The molecular formula is C31H32N2O6. The molecule has 2 N–H and O–H groups in total. The number of para-hydroxylation sites is 2. The highest BCUT2D eigenvalue weighted by molar-refractivity contribution is 6.10. The second-order valence-corrected chi connectivity index (χ2v) is 9.73. The van der Waals surface area contributed by atoms with E-state index in [-0.39, 0.29) is 17.6 Å². The number of ether oxygens (including phenoxy) is 3. The van der Waals surface area contributed by atoms with Crippen LogP contribution in [-0.4, -0.2) is 33.0 Å². The number of furan rings is 1. The predicted octanol–water partition coefficient (Wildman–Crippen LogP) is 5.61. The van der Waals surface area contributed by atoms with E-state index >= 15 is 0 Å². The van der Waals surface area contributed by atoms with Crippen molar-refractivity contribution in [1.29, 1.82) is 0 Å². The van der Waals surface area contributed by atoms with Crippen LogP contribution in [-0.2, 0) is 9.59 Å². The third kappa shape index (κ3) is 4.90. The Morgan fingerprint density at radius 1 is 0.923 bits per heavy atom. The van der Waals surface area contributed by atoms with Crippen molar-refractivity contribution in [3.05, 3.63) is 94.2 Å². The zero-order valence-corrected chi connectivity index (χ0v) is 22.7. The average molecular weight is 529 g/mol. The van der Waals surface area contributed by atoms with Gasteiger partial charge in [-0.05, 0) is 68.1 Å². The molecule has 8 nitrogen and oxygen atoms in total. The lowest BCUT2D eigenvalue weighted by atomic mass is 9.73. The summed E-state index contributed by atoms with van der Waals surface area (Å²) in [4.78, 5) is 27.6. The summed E-state index contributed by atoms with van der Waals surface area (Å²) in [5, 5.41) is 6.37. The molecule has 0 bridgehead atoms. The Morgan fingerprint density at radius 2 is 1.67 bits per heavy atom. The SMILES string of the molecule is COc1ccccc1NC(=O)C1=C(C)NC2=C(C(=O)CC(c3ccc(OC)c(OC)c3)C2)C1c1ccc(C)o1. The highest BCUT2D eigenvalue weighted by Gasteiger charge is 2.42. The van der Waals surface area contributed by atoms with Crippen LogP contribution in [0.2, 0.25) is 0 Å². The first kappa shape index (κ1) is 26.2. The molecule has 2 atom stereocenters. The first-order valence-corrected chi connectivity index (χ1v) is 12.8. The van der Waals surface area contributed by atoms with Crippen LogP contribution >= 0.6 is 0 Å². The van der Waals surface area contributed by atoms with Gasteiger partial charge in [-0.25, -0.2) is 0 Å². The van der Waals surface area contributed by atoms with Gasteiger partial charge < -0.3 is 29.3 Å². The number of hydrogen-bond acceptors (Lipinski definition) is 7. The second-order valence-electron chi connectivity index (χ2n) is 9.73. The average Bonchev–Trinajstić information content (AvgIpc) is 3.37. The highest BCUT2D eigenvalue weighted by Crippen LogP contribution is 2.47. The van der Waals surface area contributed by atoms with Crippen LogP contribution in [0.25, 0.3) is 0 Å². The lowest BCUT2D eigenvalue weighted by molar-refractivity contribution is -0.116. The number of nitrogens with one attached hydrogen (secondary N) is 2. The molecule has 0 radical (unpaired) electrons. The maximum Gasteiger partial charge on any atom is 0.254 e. The third-order valence-electron chi connectivity index (χ3n) is 7.35. The fraction of sp³-hybridized carbons (Fsp3) is 0.290. The molecule has 0 saturated carbocycles. The Morgan fingerprint density at radius 3 is 2.36 bits per heavy atom. The molecular weight excluding hydrogens is 496 g/mol. The zero-order chi connectivity index (χ0) is 27.7. The summed E-state index contributed by atoms with van der Waals surface area (Å²) in [5.74, 6) is 2.02. The topological polar surface area (TPSA) is 99.0 Å². The van der Waals surface area contributed by atoms with Gasteiger partial charge in [0, 0.05) is 23.4 Å². The molecule has 1 amide bonds. The minimum Gasteiger partial charge on any atom is -0.495 e. The number of benzene rings is 2. The molecule has 39 heavy (non-hydrogen) atoms. The van der Waals surface area contributed by atoms with Crippen LogP contribution in [0, 0.1) is 6.92 Å². The molecule has 8 heteroatoms. The third-order valence-corrected chi connectivity index (χ3v) is 7.35. The summed E-state index contributed by atoms with van der Waals surface area (Å²) in [6, 6.07) is 16.7. The van der Waals surface area contributed by atoms with E-state index in [0.29, 0.717) is 64.1 Å². The van der Waals surface area contributed by atoms with Gasteiger partial charge in [0.25, 0.3) is 5.91 Å². The van der Waals surface area contributed by atoms with Gasteiger partial charge in [0.05, 0.1) is 38.5 Å². The molecule has 202 valence electrons. The Bertz CT molecular complexity index is 1500. The number of amides is 1. The maximum absolute atomic E-state index is 13.8. The summed E-state index contributed by atoms with van der Waals surface area (Å²) in [7, 11) is 4.75. The second kappa shape index (κ2) is 10.7. The number of allylic oxidation sites excluding steroid dienone is 3. The molecule has 3 aromatic rings. The van der Waals surface area contributed by atoms with Crippen LogP contribution in [0.1, 0.15) is 48.7 Å². The molecule has 5 rings (SSSR count). The first-order chi connectivity index (χ1) is 18.8. The Labute approximate surface area is 227 Å². The number of anilines is 1. The zero-order valence-electron chi connectivity index (χ0n) is 22.7. The number of Topliss-reactive ketones (excluding diaryl/α,β-unsaturated/α-hetero) is 1. The van der Waals surface area contributed by atoms with Crippen molar-refractivity contribution < 1.29 is 28.2 Å². The number of hydrogen-bond donors (Lipinski definition) is 2. The van der Waals surface area contributed by atoms with Gasteiger partial charge in [-0.3, -0.25) is 9.59 Å². The molecule has 2 aliphatic rings. The van der Waals surface area contributed by atoms with Crippen molar-refractivity contribution in [3.8, 4) is 17.2 Å². The number of methoxy groups -OCH3 is 3. The lowest BCUT2D eigenvalue weighted by Gasteiger charge is -2.36. The van der Waals surface area contributed by atoms with Gasteiger partial charge in [0.15, 0.2) is 17.3 Å². The molecule has 0 spiro atoms. The molecule has 1 aliphatic heterocycles. The van der Waals surface area contributed by atoms with Crippen LogP contribution in [0.4, 0.5) is 5.69 Å². The first-order valence-electron chi connectivity index (χ1n) is 12.8. The predicted molar refractivity (Wildman–Crippen MR) is 147 cm³/mol. The Balaban J connectivity index is 1.53. The minimum atomic E-state index is -0.636. The van der Waals surface area contributed by atoms with Crippen molar-refractivity contribution in [2.45, 2.75) is 38.5 Å². The summed E-state index contributed by atoms with van der Waals surface area (Å²) >= 11 is 0. The standard InChI is InChI=1S/C31H32N2O6/c1-17-10-12-26(39-17)30-28(31(35)33-21-8-6-7-9-24(21)36-3)18(2)32-22-14-20(15-23(34)29(22)30)19-11-13-25(37-4)27(16-19)38-5/h6-13,16,20,30,32H,14-15H2,1-5H3,(H,33,35). The number of carbonyl (C=O) groups is 2. The van der Waals surface area contributed by atoms with E-state index in [1.54, 1.807) is 33.5 Å². The molecule has 1 aliphatic carbocycles.